The molecule has 7 nitrogen and oxygen atoms in total. The van der Waals surface area contributed by atoms with Crippen molar-refractivity contribution in [1.82, 2.24) is 0 Å². The van der Waals surface area contributed by atoms with Gasteiger partial charge in [-0.15, -0.1) is 0 Å². The highest BCUT2D eigenvalue weighted by molar-refractivity contribution is 9.10. The number of amides is 2. The molecule has 0 radical (unpaired) electrons. The Kier molecular flexibility index (Phi) is 8.43. The number of anilines is 2. The lowest BCUT2D eigenvalue weighted by atomic mass is 10.1. The van der Waals surface area contributed by atoms with Crippen LogP contribution in [0, 0.1) is 18.3 Å². The molecular weight excluding hydrogens is 498 g/mol. The molecule has 0 saturated heterocycles. The Hall–Kier alpha value is -4.09. The highest BCUT2D eigenvalue weighted by Crippen LogP contribution is 2.27. The molecule has 0 fully saturated rings. The summed E-state index contributed by atoms with van der Waals surface area (Å²) in [5.41, 5.74) is 2.52. The van der Waals surface area contributed by atoms with Crippen LogP contribution in [0.3, 0.4) is 0 Å². The number of aryl methyl sites for hydroxylation is 1. The first-order valence-corrected chi connectivity index (χ1v) is 11.0. The van der Waals surface area contributed by atoms with E-state index >= 15 is 0 Å². The molecule has 0 saturated carbocycles. The number of ether oxygens (including phenoxy) is 2. The van der Waals surface area contributed by atoms with Gasteiger partial charge in [-0.05, 0) is 55.5 Å². The van der Waals surface area contributed by atoms with Gasteiger partial charge < -0.3 is 20.1 Å². The van der Waals surface area contributed by atoms with Crippen molar-refractivity contribution in [3.05, 3.63) is 87.9 Å². The van der Waals surface area contributed by atoms with Crippen molar-refractivity contribution < 1.29 is 19.1 Å². The van der Waals surface area contributed by atoms with Crippen LogP contribution in [-0.4, -0.2) is 25.5 Å². The van der Waals surface area contributed by atoms with Crippen LogP contribution in [0.1, 0.15) is 11.1 Å². The van der Waals surface area contributed by atoms with Gasteiger partial charge in [-0.25, -0.2) is 0 Å². The predicted octanol–water partition coefficient (Wildman–Crippen LogP) is 5.33. The van der Waals surface area contributed by atoms with Gasteiger partial charge in [-0.3, -0.25) is 9.59 Å². The second-order valence-corrected chi connectivity index (χ2v) is 8.12. The molecule has 0 spiro atoms. The summed E-state index contributed by atoms with van der Waals surface area (Å²) >= 11 is 3.38. The average molecular weight is 520 g/mol. The number of nitriles is 1. The fourth-order valence-electron chi connectivity index (χ4n) is 2.98. The van der Waals surface area contributed by atoms with Crippen molar-refractivity contribution in [1.29, 1.82) is 5.26 Å². The lowest BCUT2D eigenvalue weighted by molar-refractivity contribution is -0.118. The first-order chi connectivity index (χ1) is 16.4. The number of para-hydroxylation sites is 2. The molecule has 34 heavy (non-hydrogen) atoms. The van der Waals surface area contributed by atoms with Gasteiger partial charge >= 0.3 is 0 Å². The summed E-state index contributed by atoms with van der Waals surface area (Å²) in [6.45, 7) is 1.66. The summed E-state index contributed by atoms with van der Waals surface area (Å²) in [5, 5.41) is 15.0. The van der Waals surface area contributed by atoms with Crippen LogP contribution >= 0.6 is 15.9 Å². The molecule has 3 rings (SSSR count). The molecule has 8 heteroatoms. The molecule has 0 aromatic heterocycles. The molecule has 2 N–H and O–H groups in total. The number of carbonyl (C=O) groups excluding carboxylic acids is 2. The van der Waals surface area contributed by atoms with Crippen LogP contribution in [0.4, 0.5) is 11.4 Å². The number of halogens is 1. The zero-order valence-corrected chi connectivity index (χ0v) is 20.2. The minimum Gasteiger partial charge on any atom is -0.495 e. The number of nitrogens with zero attached hydrogens (tertiary/aromatic N) is 1. The second kappa shape index (κ2) is 11.7. The third kappa shape index (κ3) is 6.70. The maximum atomic E-state index is 12.6. The van der Waals surface area contributed by atoms with Gasteiger partial charge in [-0.2, -0.15) is 5.26 Å². The van der Waals surface area contributed by atoms with Crippen LogP contribution in [-0.2, 0) is 9.59 Å². The molecule has 0 aliphatic carbocycles. The van der Waals surface area contributed by atoms with Gasteiger partial charge in [0.05, 0.1) is 12.8 Å². The Morgan fingerprint density at radius 3 is 2.47 bits per heavy atom. The minimum absolute atomic E-state index is 0.109. The molecule has 0 atom stereocenters. The summed E-state index contributed by atoms with van der Waals surface area (Å²) in [7, 11) is 1.52. The zero-order chi connectivity index (χ0) is 24.5. The van der Waals surface area contributed by atoms with Crippen molar-refractivity contribution in [2.24, 2.45) is 0 Å². The van der Waals surface area contributed by atoms with E-state index < -0.39 is 5.91 Å². The van der Waals surface area contributed by atoms with Crippen molar-refractivity contribution in [3.63, 3.8) is 0 Å². The monoisotopic (exact) mass is 519 g/mol. The lowest BCUT2D eigenvalue weighted by Crippen LogP contribution is -2.20. The molecular formula is C26H22BrN3O4. The standard InChI is InChI=1S/C26H22BrN3O4/c1-17-7-10-21(11-8-17)29-26(32)19(15-28)13-18-14-20(27)9-12-23(18)34-16-25(31)30-22-5-3-4-6-24(22)33-2/h3-14H,16H2,1-2H3,(H,29,32)(H,30,31)/b19-13-. The van der Waals surface area contributed by atoms with E-state index in [0.717, 1.165) is 10.0 Å². The number of hydrogen-bond donors (Lipinski definition) is 2. The van der Waals surface area contributed by atoms with Crippen LogP contribution in [0.15, 0.2) is 76.8 Å². The molecule has 0 aliphatic rings. The summed E-state index contributed by atoms with van der Waals surface area (Å²) in [6.07, 6.45) is 1.42. The van der Waals surface area contributed by atoms with E-state index in [4.69, 9.17) is 9.47 Å². The molecule has 3 aromatic rings. The minimum atomic E-state index is -0.550. The Morgan fingerprint density at radius 1 is 1.03 bits per heavy atom. The topological polar surface area (TPSA) is 100 Å². The number of benzene rings is 3. The number of hydrogen-bond acceptors (Lipinski definition) is 5. The van der Waals surface area contributed by atoms with Crippen LogP contribution in [0.2, 0.25) is 0 Å². The fraction of sp³-hybridized carbons (Fsp3) is 0.115. The average Bonchev–Trinajstić information content (AvgIpc) is 2.83. The first kappa shape index (κ1) is 24.6. The number of rotatable bonds is 8. The first-order valence-electron chi connectivity index (χ1n) is 10.2. The highest BCUT2D eigenvalue weighted by Gasteiger charge is 2.13. The Balaban J connectivity index is 1.74. The van der Waals surface area contributed by atoms with Crippen molar-refractivity contribution in [3.8, 4) is 17.6 Å². The molecule has 0 aliphatic heterocycles. The largest absolute Gasteiger partial charge is 0.495 e. The number of carbonyl (C=O) groups is 2. The number of nitrogens with one attached hydrogen (secondary N) is 2. The van der Waals surface area contributed by atoms with Gasteiger partial charge in [0.15, 0.2) is 6.61 Å². The fourth-order valence-corrected chi connectivity index (χ4v) is 3.36. The SMILES string of the molecule is COc1ccccc1NC(=O)COc1ccc(Br)cc1/C=C(/C#N)C(=O)Nc1ccc(C)cc1. The smallest absolute Gasteiger partial charge is 0.266 e. The van der Waals surface area contributed by atoms with Crippen molar-refractivity contribution >= 4 is 45.2 Å². The Labute approximate surface area is 206 Å². The van der Waals surface area contributed by atoms with Crippen LogP contribution in [0.5, 0.6) is 11.5 Å². The molecule has 0 bridgehead atoms. The predicted molar refractivity (Wildman–Crippen MR) is 135 cm³/mol. The maximum Gasteiger partial charge on any atom is 0.266 e. The van der Waals surface area contributed by atoms with Gasteiger partial charge in [0, 0.05) is 15.7 Å². The molecule has 0 heterocycles. The van der Waals surface area contributed by atoms with Gasteiger partial charge in [-0.1, -0.05) is 45.8 Å². The summed E-state index contributed by atoms with van der Waals surface area (Å²) in [4.78, 5) is 25.0. The van der Waals surface area contributed by atoms with E-state index in [1.165, 1.54) is 13.2 Å². The maximum absolute atomic E-state index is 12.6. The lowest BCUT2D eigenvalue weighted by Gasteiger charge is -2.12. The summed E-state index contributed by atoms with van der Waals surface area (Å²) in [6, 6.07) is 21.3. The molecule has 2 amide bonds. The van der Waals surface area contributed by atoms with Crippen molar-refractivity contribution in [2.45, 2.75) is 6.92 Å². The molecule has 172 valence electrons. The van der Waals surface area contributed by atoms with Crippen LogP contribution < -0.4 is 20.1 Å². The van der Waals surface area contributed by atoms with E-state index in [0.29, 0.717) is 28.4 Å². The van der Waals surface area contributed by atoms with Gasteiger partial charge in [0.1, 0.15) is 23.1 Å². The Morgan fingerprint density at radius 2 is 1.76 bits per heavy atom. The third-order valence-corrected chi connectivity index (χ3v) is 5.18. The zero-order valence-electron chi connectivity index (χ0n) is 18.6. The second-order valence-electron chi connectivity index (χ2n) is 7.21. The molecule has 3 aromatic carbocycles. The van der Waals surface area contributed by atoms with Gasteiger partial charge in [0.25, 0.3) is 11.8 Å². The van der Waals surface area contributed by atoms with Crippen molar-refractivity contribution in [2.75, 3.05) is 24.4 Å². The quantitative estimate of drug-likeness (QED) is 0.309. The normalized spacial score (nSPS) is 10.7. The van der Waals surface area contributed by atoms with E-state index in [-0.39, 0.29) is 18.1 Å². The van der Waals surface area contributed by atoms with E-state index in [9.17, 15) is 14.9 Å². The highest BCUT2D eigenvalue weighted by atomic mass is 79.9. The third-order valence-electron chi connectivity index (χ3n) is 4.69. The molecule has 0 unspecified atom stereocenters. The Bertz CT molecular complexity index is 1260. The van der Waals surface area contributed by atoms with Gasteiger partial charge in [0.2, 0.25) is 0 Å². The van der Waals surface area contributed by atoms with E-state index in [1.54, 1.807) is 54.6 Å². The summed E-state index contributed by atoms with van der Waals surface area (Å²) in [5.74, 6) is -0.0678. The van der Waals surface area contributed by atoms with Crippen LogP contribution in [0.25, 0.3) is 6.08 Å². The van der Waals surface area contributed by atoms with E-state index in [2.05, 4.69) is 26.6 Å². The summed E-state index contributed by atoms with van der Waals surface area (Å²) < 4.78 is 11.7. The number of methoxy groups -OCH3 is 1. The van der Waals surface area contributed by atoms with E-state index in [1.807, 2.05) is 25.1 Å².